The minimum absolute atomic E-state index is 0.209. The molecule has 119 heavy (non-hydrogen) atoms. The second kappa shape index (κ2) is 44.0. The monoisotopic (exact) mass is 1700 g/mol. The lowest BCUT2D eigenvalue weighted by molar-refractivity contribution is -0.297. The van der Waals surface area contributed by atoms with Crippen LogP contribution in [0.2, 0.25) is 0 Å². The number of nitrogens with one attached hydrogen (secondary N) is 2. The second-order valence-corrected chi connectivity index (χ2v) is 31.5. The van der Waals surface area contributed by atoms with Crippen LogP contribution in [0.15, 0.2) is 55.2 Å². The number of rotatable bonds is 37. The highest BCUT2D eigenvalue weighted by molar-refractivity contribution is 5.95. The van der Waals surface area contributed by atoms with Gasteiger partial charge in [0.05, 0.1) is 25.1 Å². The van der Waals surface area contributed by atoms with Gasteiger partial charge >= 0.3 is 41.2 Å². The molecule has 0 aromatic carbocycles. The van der Waals surface area contributed by atoms with Crippen molar-refractivity contribution in [3.8, 4) is 0 Å². The Balaban J connectivity index is 0.000000367. The van der Waals surface area contributed by atoms with Crippen LogP contribution in [-0.4, -0.2) is 353 Å². The number of aromatic nitrogens is 4. The van der Waals surface area contributed by atoms with E-state index in [1.165, 1.54) is 58.1 Å². The molecule has 44 heteroatoms. The predicted molar refractivity (Wildman–Crippen MR) is 404 cm³/mol. The lowest BCUT2D eigenvalue weighted by Crippen LogP contribution is -2.59. The Kier molecular flexibility index (Phi) is 35.9. The molecule has 0 radical (unpaired) electrons. The molecule has 29 atom stereocenters. The number of unbranched alkanes of at least 4 members (excludes halogenated alkanes) is 7. The van der Waals surface area contributed by atoms with Gasteiger partial charge in [-0.15, -0.1) is 0 Å². The number of aromatic amines is 2. The predicted octanol–water partition coefficient (Wildman–Crippen LogP) is -4.99. The molecule has 0 aliphatic carbocycles. The van der Waals surface area contributed by atoms with Crippen molar-refractivity contribution < 1.29 is 151 Å². The van der Waals surface area contributed by atoms with Gasteiger partial charge in [-0.25, -0.2) is 14.4 Å². The number of nitrogens with two attached hydrogens (primary N) is 2. The van der Waals surface area contributed by atoms with Crippen molar-refractivity contribution in [2.24, 2.45) is 29.2 Å². The van der Waals surface area contributed by atoms with Crippen LogP contribution in [0, 0.1) is 17.8 Å². The summed E-state index contributed by atoms with van der Waals surface area (Å²) < 4.78 is 76.7. The largest absolute Gasteiger partial charge is 0.508 e. The van der Waals surface area contributed by atoms with Crippen LogP contribution in [0.25, 0.3) is 0 Å². The Morgan fingerprint density at radius 1 is 0.555 bits per heavy atom. The number of aliphatic carboxylic acids is 2. The molecule has 0 spiro atoms. The summed E-state index contributed by atoms with van der Waals surface area (Å²) in [7, 11) is 8.19. The van der Waals surface area contributed by atoms with E-state index in [4.69, 9.17) is 73.0 Å². The first kappa shape index (κ1) is 97.0. The quantitative estimate of drug-likeness (QED) is 0.0171. The maximum absolute atomic E-state index is 14.5. The second-order valence-electron chi connectivity index (χ2n) is 31.5. The molecule has 9 heterocycles. The zero-order valence-electron chi connectivity index (χ0n) is 68.0. The highest BCUT2D eigenvalue weighted by atomic mass is 16.7. The van der Waals surface area contributed by atoms with Gasteiger partial charge in [-0.1, -0.05) is 72.1 Å². The van der Waals surface area contributed by atoms with Gasteiger partial charge in [-0.2, -0.15) is 0 Å². The van der Waals surface area contributed by atoms with Gasteiger partial charge < -0.3 is 134 Å². The molecule has 6 saturated heterocycles. The molecule has 2 aromatic rings. The minimum atomic E-state index is -1.94. The van der Waals surface area contributed by atoms with Crippen LogP contribution in [0.3, 0.4) is 0 Å². The lowest BCUT2D eigenvalue weighted by Gasteiger charge is -2.43. The number of likely N-dealkylation sites (N-methyl/N-ethyl adjacent to an activating group) is 3. The number of ketones is 1. The van der Waals surface area contributed by atoms with E-state index in [0.717, 1.165) is 79.2 Å². The number of aliphatic hydroxyl groups is 9. The van der Waals surface area contributed by atoms with Gasteiger partial charge in [0.15, 0.2) is 36.5 Å². The number of likely N-dealkylation sites (tertiary alicyclic amines) is 1. The maximum Gasteiger partial charge on any atom is 0.356 e. The van der Waals surface area contributed by atoms with Crippen molar-refractivity contribution in [1.29, 1.82) is 0 Å². The Morgan fingerprint density at radius 2 is 1.03 bits per heavy atom. The summed E-state index contributed by atoms with van der Waals surface area (Å²) in [4.78, 5) is 149. The summed E-state index contributed by atoms with van der Waals surface area (Å²) in [5.74, 6) is -9.52. The third-order valence-corrected chi connectivity index (χ3v) is 22.3. The number of carboxylic acid groups (broad SMARTS) is 2. The first-order chi connectivity index (χ1) is 56.3. The molecule has 0 bridgehead atoms. The molecule has 7 aliphatic heterocycles. The number of carbonyl (C=O) groups is 7. The van der Waals surface area contributed by atoms with E-state index in [2.05, 4.69) is 13.8 Å². The smallest absolute Gasteiger partial charge is 0.356 e. The van der Waals surface area contributed by atoms with Gasteiger partial charge in [0.1, 0.15) is 134 Å². The minimum Gasteiger partial charge on any atom is -0.508 e. The number of amides is 1. The number of carbonyl (C=O) groups excluding carboxylic acids is 5. The zero-order valence-corrected chi connectivity index (χ0v) is 68.0. The van der Waals surface area contributed by atoms with Crippen molar-refractivity contribution in [2.45, 2.75) is 283 Å². The average Bonchev–Trinajstić information content (AvgIpc) is 1.62. The van der Waals surface area contributed by atoms with Crippen LogP contribution in [0.5, 0.6) is 0 Å². The fourth-order valence-electron chi connectivity index (χ4n) is 16.0. The number of methoxy groups -OCH3 is 3. The van der Waals surface area contributed by atoms with Gasteiger partial charge in [0.2, 0.25) is 12.2 Å². The van der Waals surface area contributed by atoms with Crippen LogP contribution >= 0.6 is 0 Å². The molecule has 2 aromatic heterocycles. The van der Waals surface area contributed by atoms with E-state index in [9.17, 15) is 109 Å². The van der Waals surface area contributed by atoms with E-state index in [1.54, 1.807) is 13.8 Å². The van der Waals surface area contributed by atoms with E-state index in [0.29, 0.717) is 17.2 Å². The number of Topliss-reactive ketones (excluding diaryl/α,β-unsaturated/α-hetero) is 1. The first-order valence-corrected chi connectivity index (χ1v) is 39.6. The van der Waals surface area contributed by atoms with Gasteiger partial charge in [0, 0.05) is 91.8 Å². The summed E-state index contributed by atoms with van der Waals surface area (Å²) in [5.41, 5.74) is 7.08. The number of ether oxygens (including phenoxy) is 13. The molecule has 1 amide bonds. The van der Waals surface area contributed by atoms with Crippen LogP contribution in [-0.2, 0) is 95.1 Å². The Bertz CT molecular complexity index is 4000. The highest BCUT2D eigenvalue weighted by Crippen LogP contribution is 2.40. The SMILES string of the molecule is CN1C(=O)[C@H]([C@H](OC2OC(CN)C(O)C2O)C2OC(n3ccc(=O)[nH]c3=O)C(O)C2O)N(C)CC(O)=C1C(=O)O.COC1C(C)OC(OC(=O)CC(C)CC(=O)OC(CCCCCCCCCCC(C)C)CC(=O)O[C@H]2CN(C)[C@@H]([C@H](OC3OC(CN)C(O)C3O)C3OC(n4ccc(=O)[nH]c4=O)C(O)C3O)C(=O)C[C@@H]2C(=O)O)C(OC)C1OC. The fraction of sp³-hybridized carbons (Fsp3) is 0.773. The number of esters is 3. The fourth-order valence-corrected chi connectivity index (χ4v) is 16.0. The molecule has 7 aliphatic rings. The molecular weight excluding hydrogens is 1590 g/mol. The highest BCUT2D eigenvalue weighted by Gasteiger charge is 2.59. The summed E-state index contributed by atoms with van der Waals surface area (Å²) in [6.45, 7) is 6.38. The number of aliphatic hydroxyl groups excluding tert-OH is 9. The van der Waals surface area contributed by atoms with Crippen LogP contribution in [0.4, 0.5) is 0 Å². The van der Waals surface area contributed by atoms with Crippen LogP contribution < -0.4 is 34.0 Å². The molecule has 0 saturated carbocycles. The van der Waals surface area contributed by atoms with Gasteiger partial charge in [0.25, 0.3) is 11.1 Å². The third-order valence-electron chi connectivity index (χ3n) is 22.3. The lowest BCUT2D eigenvalue weighted by atomic mass is 9.91. The van der Waals surface area contributed by atoms with E-state index in [1.807, 2.05) is 9.97 Å². The van der Waals surface area contributed by atoms with Crippen molar-refractivity contribution in [3.63, 3.8) is 0 Å². The first-order valence-electron chi connectivity index (χ1n) is 39.6. The Morgan fingerprint density at radius 3 is 1.48 bits per heavy atom. The van der Waals surface area contributed by atoms with E-state index < -0.39 is 279 Å². The molecule has 23 unspecified atom stereocenters. The van der Waals surface area contributed by atoms with E-state index in [-0.39, 0.29) is 32.4 Å². The molecule has 44 nitrogen and oxygen atoms in total. The van der Waals surface area contributed by atoms with Crippen molar-refractivity contribution in [3.05, 3.63) is 77.7 Å². The molecular formula is C75H117N9O35. The molecule has 6 fully saturated rings. The van der Waals surface area contributed by atoms with E-state index >= 15 is 0 Å². The topological polar surface area (TPSA) is 633 Å². The van der Waals surface area contributed by atoms with Crippen molar-refractivity contribution in [2.75, 3.05) is 68.7 Å². The summed E-state index contributed by atoms with van der Waals surface area (Å²) in [5, 5.41) is 118. The van der Waals surface area contributed by atoms with Gasteiger partial charge in [-0.05, 0) is 45.7 Å². The molecule has 672 valence electrons. The Hall–Kier alpha value is -7.49. The molecule has 17 N–H and O–H groups in total. The van der Waals surface area contributed by atoms with Crippen LogP contribution in [0.1, 0.15) is 130 Å². The normalized spacial score (nSPS) is 33.8. The average molecular weight is 1700 g/mol. The third kappa shape index (κ3) is 23.9. The number of nitrogens with zero attached hydrogens (tertiary/aromatic N) is 5. The van der Waals surface area contributed by atoms with Crippen molar-refractivity contribution in [1.82, 2.24) is 33.8 Å². The Labute approximate surface area is 682 Å². The number of hydrogen-bond acceptors (Lipinski definition) is 37. The molecule has 9 rings (SSSR count). The maximum atomic E-state index is 14.5. The van der Waals surface area contributed by atoms with Gasteiger partial charge in [-0.3, -0.25) is 67.3 Å². The zero-order chi connectivity index (χ0) is 87.9. The summed E-state index contributed by atoms with van der Waals surface area (Å²) in [6.07, 6.45) is -26.3. The number of H-pyrrole nitrogens is 2. The number of carboxylic acids is 2. The standard InChI is InChI=1S/C53H86N4O22.C22H31N5O13/c1-27(2)17-15-13-11-9-10-12-14-16-18-30(74-36(60)21-28(3)22-37(61)77-52-48(72-8)47(71-7)44(70-6)29(4)73-52)23-38(62)75-34-26-56(5)39(32(58)24-31(34)50(67)68)45(79-51-43(66)40(63)33(25-54)76-51)46-41(64)42(65)49(78-46)57-20-19-35(59)55-53(57)69;1-25-6-7(28)10(20(35)36)26(2)18(34)11(25)16(40-21-15(33)12(30)8(5-23)38-21)17-13(31)14(32)19(39-17)27-4-3-9(29)24-22(27)37/h19-20,27-31,33-34,39-49,51-52,63-66H,9-18,21-26,54H2,1-8H3,(H,67,68)(H,55,59,69);3-4,8,11-17,19,21,28,30-33H,5-6,23H2,1-2H3,(H,35,36)(H,24,29,37)/t28?,29?,30?,31-,33?,34-,39+,40?,41?,42?,43?,44?,45-,46?,47?,48?,49?,51?,52?;8?,11-,12?,13?,14?,15?,16-,17?,19?,21?/m00/s1. The summed E-state index contributed by atoms with van der Waals surface area (Å²) >= 11 is 0. The summed E-state index contributed by atoms with van der Waals surface area (Å²) in [6, 6.07) is -1.21. The van der Waals surface area contributed by atoms with Crippen molar-refractivity contribution >= 4 is 41.5 Å². The number of hydrogen-bond donors (Lipinski definition) is 15.